The zero-order chi connectivity index (χ0) is 19.1. The lowest BCUT2D eigenvalue weighted by Crippen LogP contribution is -2.29. The molecule has 2 aromatic carbocycles. The van der Waals surface area contributed by atoms with E-state index in [9.17, 15) is 9.59 Å². The molecule has 0 aliphatic heterocycles. The monoisotopic (exact) mass is 361 g/mol. The van der Waals surface area contributed by atoms with E-state index in [1.165, 1.54) is 24.8 Å². The van der Waals surface area contributed by atoms with E-state index in [-0.39, 0.29) is 17.6 Å². The van der Waals surface area contributed by atoms with E-state index >= 15 is 0 Å². The smallest absolute Gasteiger partial charge is 0.227 e. The summed E-state index contributed by atoms with van der Waals surface area (Å²) in [4.78, 5) is 25.2. The summed E-state index contributed by atoms with van der Waals surface area (Å²) in [7, 11) is 0. The van der Waals surface area contributed by atoms with Gasteiger partial charge in [0.25, 0.3) is 0 Å². The molecule has 1 N–H and O–H groups in total. The molecule has 140 valence electrons. The Hall–Kier alpha value is -2.68. The SMILES string of the molecule is C[C@H](C(=O)NCCC1=CCCCC1)c1cccc(C(=O)c2ccccc2)c1. The van der Waals surface area contributed by atoms with Crippen molar-refractivity contribution in [1.82, 2.24) is 5.32 Å². The third-order valence-electron chi connectivity index (χ3n) is 5.21. The number of nitrogens with one attached hydrogen (secondary N) is 1. The average molecular weight is 361 g/mol. The van der Waals surface area contributed by atoms with Crippen molar-refractivity contribution in [2.45, 2.75) is 44.9 Å². The molecular weight excluding hydrogens is 334 g/mol. The lowest BCUT2D eigenvalue weighted by Gasteiger charge is -2.16. The Labute approximate surface area is 161 Å². The highest BCUT2D eigenvalue weighted by atomic mass is 16.1. The first kappa shape index (κ1) is 19.1. The topological polar surface area (TPSA) is 46.2 Å². The number of hydrogen-bond acceptors (Lipinski definition) is 2. The standard InChI is InChI=1S/C24H27NO2/c1-18(24(27)25-16-15-19-9-4-2-5-10-19)21-13-8-14-22(17-21)23(26)20-11-6-3-7-12-20/h3,6-9,11-14,17-18H,2,4-5,10,15-16H2,1H3,(H,25,27)/t18-/m0/s1. The lowest BCUT2D eigenvalue weighted by molar-refractivity contribution is -0.122. The summed E-state index contributed by atoms with van der Waals surface area (Å²) in [6, 6.07) is 16.6. The third kappa shape index (κ3) is 5.16. The maximum atomic E-state index is 12.6. The van der Waals surface area contributed by atoms with Gasteiger partial charge in [-0.1, -0.05) is 60.2 Å². The molecule has 0 saturated carbocycles. The van der Waals surface area contributed by atoms with Crippen LogP contribution in [0.1, 0.15) is 66.4 Å². The zero-order valence-corrected chi connectivity index (χ0v) is 15.9. The molecule has 3 heteroatoms. The summed E-state index contributed by atoms with van der Waals surface area (Å²) < 4.78 is 0. The number of carbonyl (C=O) groups excluding carboxylic acids is 2. The Morgan fingerprint density at radius 2 is 1.78 bits per heavy atom. The van der Waals surface area contributed by atoms with Crippen LogP contribution in [0.15, 0.2) is 66.2 Å². The Balaban J connectivity index is 1.60. The molecule has 0 fully saturated rings. The minimum absolute atomic E-state index is 0.00993. The van der Waals surface area contributed by atoms with Crippen LogP contribution in [0.2, 0.25) is 0 Å². The number of amides is 1. The van der Waals surface area contributed by atoms with Crippen LogP contribution >= 0.6 is 0 Å². The van der Waals surface area contributed by atoms with Gasteiger partial charge in [0.15, 0.2) is 5.78 Å². The molecule has 1 amide bonds. The molecule has 0 aromatic heterocycles. The summed E-state index contributed by atoms with van der Waals surface area (Å²) >= 11 is 0. The Bertz CT molecular complexity index is 823. The molecule has 1 aliphatic carbocycles. The molecule has 3 rings (SSSR count). The quantitative estimate of drug-likeness (QED) is 0.555. The first-order valence-corrected chi connectivity index (χ1v) is 9.80. The fraction of sp³-hybridized carbons (Fsp3) is 0.333. The van der Waals surface area contributed by atoms with Crippen LogP contribution in [-0.4, -0.2) is 18.2 Å². The molecule has 0 unspecified atom stereocenters. The van der Waals surface area contributed by atoms with Gasteiger partial charge in [-0.15, -0.1) is 0 Å². The van der Waals surface area contributed by atoms with Gasteiger partial charge in [-0.25, -0.2) is 0 Å². The normalized spacial score (nSPS) is 14.9. The molecule has 0 heterocycles. The first-order chi connectivity index (χ1) is 13.1. The second-order valence-electron chi connectivity index (χ2n) is 7.19. The second-order valence-corrected chi connectivity index (χ2v) is 7.19. The van der Waals surface area contributed by atoms with Gasteiger partial charge >= 0.3 is 0 Å². The number of ketones is 1. The maximum Gasteiger partial charge on any atom is 0.227 e. The van der Waals surface area contributed by atoms with Crippen molar-refractivity contribution < 1.29 is 9.59 Å². The summed E-state index contributed by atoms with van der Waals surface area (Å²) in [6.07, 6.45) is 8.13. The number of benzene rings is 2. The largest absolute Gasteiger partial charge is 0.355 e. The van der Waals surface area contributed by atoms with Gasteiger partial charge in [-0.05, 0) is 50.7 Å². The Morgan fingerprint density at radius 1 is 1.00 bits per heavy atom. The van der Waals surface area contributed by atoms with E-state index in [1.807, 2.05) is 55.5 Å². The van der Waals surface area contributed by atoms with E-state index in [1.54, 1.807) is 6.07 Å². The van der Waals surface area contributed by atoms with Gasteiger partial charge in [0.2, 0.25) is 5.91 Å². The Kier molecular flexibility index (Phi) is 6.59. The summed E-state index contributed by atoms with van der Waals surface area (Å²) in [5.74, 6) is -0.293. The number of hydrogen-bond donors (Lipinski definition) is 1. The molecular formula is C24H27NO2. The van der Waals surface area contributed by atoms with E-state index in [2.05, 4.69) is 11.4 Å². The van der Waals surface area contributed by atoms with Crippen LogP contribution in [0.5, 0.6) is 0 Å². The third-order valence-corrected chi connectivity index (χ3v) is 5.21. The molecule has 2 aromatic rings. The van der Waals surface area contributed by atoms with Crippen LogP contribution in [0, 0.1) is 0 Å². The molecule has 0 bridgehead atoms. The fourth-order valence-electron chi connectivity index (χ4n) is 3.49. The second kappa shape index (κ2) is 9.31. The fourth-order valence-corrected chi connectivity index (χ4v) is 3.49. The van der Waals surface area contributed by atoms with Crippen LogP contribution in [0.3, 0.4) is 0 Å². The molecule has 3 nitrogen and oxygen atoms in total. The highest BCUT2D eigenvalue weighted by Crippen LogP contribution is 2.21. The van der Waals surface area contributed by atoms with Gasteiger partial charge in [0.1, 0.15) is 0 Å². The Morgan fingerprint density at radius 3 is 2.52 bits per heavy atom. The van der Waals surface area contributed by atoms with Gasteiger partial charge in [-0.2, -0.15) is 0 Å². The van der Waals surface area contributed by atoms with Crippen molar-refractivity contribution in [2.75, 3.05) is 6.54 Å². The lowest BCUT2D eigenvalue weighted by atomic mass is 9.95. The molecule has 27 heavy (non-hydrogen) atoms. The summed E-state index contributed by atoms with van der Waals surface area (Å²) in [5, 5.41) is 3.04. The zero-order valence-electron chi connectivity index (χ0n) is 15.9. The van der Waals surface area contributed by atoms with E-state index in [0.717, 1.165) is 18.4 Å². The van der Waals surface area contributed by atoms with Crippen molar-refractivity contribution >= 4 is 11.7 Å². The van der Waals surface area contributed by atoms with Gasteiger partial charge < -0.3 is 5.32 Å². The highest BCUT2D eigenvalue weighted by molar-refractivity contribution is 6.09. The molecule has 1 atom stereocenters. The van der Waals surface area contributed by atoms with Crippen molar-refractivity contribution in [1.29, 1.82) is 0 Å². The predicted octanol–water partition coefficient (Wildman–Crippen LogP) is 5.03. The van der Waals surface area contributed by atoms with E-state index in [0.29, 0.717) is 17.7 Å². The number of carbonyl (C=O) groups is 2. The summed E-state index contributed by atoms with van der Waals surface area (Å²) in [5.41, 5.74) is 3.61. The molecule has 0 saturated heterocycles. The van der Waals surface area contributed by atoms with Crippen molar-refractivity contribution in [3.8, 4) is 0 Å². The minimum Gasteiger partial charge on any atom is -0.355 e. The molecule has 0 radical (unpaired) electrons. The first-order valence-electron chi connectivity index (χ1n) is 9.80. The van der Waals surface area contributed by atoms with E-state index in [4.69, 9.17) is 0 Å². The van der Waals surface area contributed by atoms with Crippen LogP contribution in [0.4, 0.5) is 0 Å². The number of rotatable bonds is 7. The van der Waals surface area contributed by atoms with Gasteiger partial charge in [0.05, 0.1) is 5.92 Å². The van der Waals surface area contributed by atoms with Crippen molar-refractivity contribution in [3.63, 3.8) is 0 Å². The van der Waals surface area contributed by atoms with Crippen LogP contribution < -0.4 is 5.32 Å². The minimum atomic E-state index is -0.283. The van der Waals surface area contributed by atoms with Gasteiger partial charge in [0, 0.05) is 17.7 Å². The predicted molar refractivity (Wildman–Crippen MR) is 109 cm³/mol. The van der Waals surface area contributed by atoms with E-state index < -0.39 is 0 Å². The van der Waals surface area contributed by atoms with Crippen molar-refractivity contribution in [2.24, 2.45) is 0 Å². The maximum absolute atomic E-state index is 12.6. The van der Waals surface area contributed by atoms with Crippen LogP contribution in [0.25, 0.3) is 0 Å². The highest BCUT2D eigenvalue weighted by Gasteiger charge is 2.17. The molecule has 0 spiro atoms. The molecule has 1 aliphatic rings. The van der Waals surface area contributed by atoms with Crippen LogP contribution in [-0.2, 0) is 4.79 Å². The summed E-state index contributed by atoms with van der Waals surface area (Å²) in [6.45, 7) is 2.57. The van der Waals surface area contributed by atoms with Gasteiger partial charge in [-0.3, -0.25) is 9.59 Å². The average Bonchev–Trinajstić information content (AvgIpc) is 2.74. The number of allylic oxidation sites excluding steroid dienone is 1. The van der Waals surface area contributed by atoms with Crippen molar-refractivity contribution in [3.05, 3.63) is 82.9 Å².